The van der Waals surface area contributed by atoms with E-state index in [9.17, 15) is 4.39 Å². The van der Waals surface area contributed by atoms with E-state index in [1.54, 1.807) is 12.1 Å². The van der Waals surface area contributed by atoms with Crippen LogP contribution in [-0.4, -0.2) is 19.8 Å². The van der Waals surface area contributed by atoms with E-state index in [0.29, 0.717) is 23.3 Å². The predicted octanol–water partition coefficient (Wildman–Crippen LogP) is 3.04. The second-order valence-electron chi connectivity index (χ2n) is 5.14. The molecule has 1 aliphatic carbocycles. The second kappa shape index (κ2) is 6.35. The highest BCUT2D eigenvalue weighted by Gasteiger charge is 2.31. The summed E-state index contributed by atoms with van der Waals surface area (Å²) in [7, 11) is 1.52. The molecule has 1 atom stereocenters. The number of hydrogen-bond donors (Lipinski definition) is 1. The Morgan fingerprint density at radius 2 is 2.16 bits per heavy atom. The molecule has 1 fully saturated rings. The van der Waals surface area contributed by atoms with Crippen molar-refractivity contribution in [2.75, 3.05) is 13.7 Å². The highest BCUT2D eigenvalue weighted by Crippen LogP contribution is 2.36. The number of rotatable bonds is 6. The molecule has 4 heteroatoms. The van der Waals surface area contributed by atoms with Gasteiger partial charge in [0.1, 0.15) is 11.6 Å². The van der Waals surface area contributed by atoms with E-state index in [0.717, 1.165) is 25.9 Å². The summed E-state index contributed by atoms with van der Waals surface area (Å²) in [6, 6.07) is 4.61. The van der Waals surface area contributed by atoms with Gasteiger partial charge in [0.05, 0.1) is 13.2 Å². The van der Waals surface area contributed by atoms with Crippen molar-refractivity contribution in [3.63, 3.8) is 0 Å². The van der Waals surface area contributed by atoms with Crippen LogP contribution in [0.4, 0.5) is 4.39 Å². The van der Waals surface area contributed by atoms with Gasteiger partial charge in [-0.3, -0.25) is 0 Å². The molecule has 0 spiro atoms. The average Bonchev–Trinajstić information content (AvgIpc) is 2.35. The minimum Gasteiger partial charge on any atom is -0.497 e. The monoisotopic (exact) mass is 267 g/mol. The first-order valence-corrected chi connectivity index (χ1v) is 6.84. The van der Waals surface area contributed by atoms with Crippen LogP contribution in [0.2, 0.25) is 0 Å². The summed E-state index contributed by atoms with van der Waals surface area (Å²) in [5, 5.41) is 0. The Morgan fingerprint density at radius 1 is 1.42 bits per heavy atom. The minimum atomic E-state index is -0.285. The lowest BCUT2D eigenvalue weighted by molar-refractivity contribution is -0.0282. The molecule has 1 saturated carbocycles. The van der Waals surface area contributed by atoms with Crippen molar-refractivity contribution in [3.05, 3.63) is 29.6 Å². The van der Waals surface area contributed by atoms with Gasteiger partial charge in [-0.05, 0) is 38.2 Å². The van der Waals surface area contributed by atoms with E-state index in [-0.39, 0.29) is 11.9 Å². The molecule has 1 aromatic rings. The van der Waals surface area contributed by atoms with Gasteiger partial charge in [-0.15, -0.1) is 0 Å². The van der Waals surface area contributed by atoms with Crippen LogP contribution in [-0.2, 0) is 4.74 Å². The van der Waals surface area contributed by atoms with Crippen LogP contribution in [0, 0.1) is 11.7 Å². The summed E-state index contributed by atoms with van der Waals surface area (Å²) in [6.07, 6.45) is 3.27. The van der Waals surface area contributed by atoms with Gasteiger partial charge in [0.15, 0.2) is 0 Å². The van der Waals surface area contributed by atoms with Gasteiger partial charge in [0, 0.05) is 24.3 Å². The molecule has 0 radical (unpaired) electrons. The molecule has 0 aliphatic heterocycles. The Bertz CT molecular complexity index is 419. The van der Waals surface area contributed by atoms with Crippen molar-refractivity contribution in [1.82, 2.24) is 0 Å². The molecule has 0 heterocycles. The SMILES string of the molecule is CCOC1CC(CC(N)c2ccc(OC)cc2F)C1. The Kier molecular flexibility index (Phi) is 4.77. The summed E-state index contributed by atoms with van der Waals surface area (Å²) in [5.74, 6) is 0.786. The van der Waals surface area contributed by atoms with Crippen molar-refractivity contribution < 1.29 is 13.9 Å². The molecule has 1 aliphatic rings. The quantitative estimate of drug-likeness (QED) is 0.861. The summed E-state index contributed by atoms with van der Waals surface area (Å²) in [5.41, 5.74) is 6.67. The van der Waals surface area contributed by atoms with Crippen LogP contribution in [0.3, 0.4) is 0 Å². The molecule has 3 nitrogen and oxygen atoms in total. The van der Waals surface area contributed by atoms with Gasteiger partial charge >= 0.3 is 0 Å². The number of hydrogen-bond acceptors (Lipinski definition) is 3. The third kappa shape index (κ3) is 3.45. The highest BCUT2D eigenvalue weighted by atomic mass is 19.1. The van der Waals surface area contributed by atoms with Crippen LogP contribution >= 0.6 is 0 Å². The maximum atomic E-state index is 13.9. The van der Waals surface area contributed by atoms with Gasteiger partial charge in [0.2, 0.25) is 0 Å². The van der Waals surface area contributed by atoms with Crippen molar-refractivity contribution in [2.45, 2.75) is 38.3 Å². The first-order valence-electron chi connectivity index (χ1n) is 6.84. The van der Waals surface area contributed by atoms with Crippen molar-refractivity contribution in [2.24, 2.45) is 11.7 Å². The lowest BCUT2D eigenvalue weighted by atomic mass is 9.77. The Balaban J connectivity index is 1.88. The normalized spacial score (nSPS) is 23.8. The summed E-state index contributed by atoms with van der Waals surface area (Å²) >= 11 is 0. The number of nitrogens with two attached hydrogens (primary N) is 1. The molecule has 2 N–H and O–H groups in total. The predicted molar refractivity (Wildman–Crippen MR) is 72.6 cm³/mol. The number of methoxy groups -OCH3 is 1. The molecule has 1 unspecified atom stereocenters. The molecule has 19 heavy (non-hydrogen) atoms. The fraction of sp³-hybridized carbons (Fsp3) is 0.600. The standard InChI is InChI=1S/C15H22FNO2/c1-3-19-12-6-10(7-12)8-15(17)13-5-4-11(18-2)9-14(13)16/h4-5,9-10,12,15H,3,6-8,17H2,1-2H3. The van der Waals surface area contributed by atoms with Crippen LogP contribution in [0.15, 0.2) is 18.2 Å². The number of halogens is 1. The Labute approximate surface area is 113 Å². The topological polar surface area (TPSA) is 44.5 Å². The van der Waals surface area contributed by atoms with Crippen LogP contribution in [0.5, 0.6) is 5.75 Å². The van der Waals surface area contributed by atoms with Crippen molar-refractivity contribution in [3.8, 4) is 5.75 Å². The molecular weight excluding hydrogens is 245 g/mol. The van der Waals surface area contributed by atoms with Crippen molar-refractivity contribution in [1.29, 1.82) is 0 Å². The van der Waals surface area contributed by atoms with E-state index in [1.807, 2.05) is 6.92 Å². The van der Waals surface area contributed by atoms with E-state index in [2.05, 4.69) is 0 Å². The highest BCUT2D eigenvalue weighted by molar-refractivity contribution is 5.30. The average molecular weight is 267 g/mol. The third-order valence-electron chi connectivity index (χ3n) is 3.79. The molecule has 0 bridgehead atoms. The summed E-state index contributed by atoms with van der Waals surface area (Å²) in [6.45, 7) is 2.77. The molecule has 0 aromatic heterocycles. The zero-order chi connectivity index (χ0) is 13.8. The second-order valence-corrected chi connectivity index (χ2v) is 5.14. The van der Waals surface area contributed by atoms with Gasteiger partial charge in [0.25, 0.3) is 0 Å². The third-order valence-corrected chi connectivity index (χ3v) is 3.79. The van der Waals surface area contributed by atoms with E-state index >= 15 is 0 Å². The number of ether oxygens (including phenoxy) is 2. The van der Waals surface area contributed by atoms with Gasteiger partial charge < -0.3 is 15.2 Å². The fourth-order valence-electron chi connectivity index (χ4n) is 2.66. The molecule has 0 amide bonds. The maximum Gasteiger partial charge on any atom is 0.131 e. The van der Waals surface area contributed by atoms with Crippen LogP contribution < -0.4 is 10.5 Å². The van der Waals surface area contributed by atoms with E-state index in [4.69, 9.17) is 15.2 Å². The van der Waals surface area contributed by atoms with Crippen molar-refractivity contribution >= 4 is 0 Å². The molecule has 0 saturated heterocycles. The Morgan fingerprint density at radius 3 is 2.74 bits per heavy atom. The fourth-order valence-corrected chi connectivity index (χ4v) is 2.66. The van der Waals surface area contributed by atoms with Crippen LogP contribution in [0.25, 0.3) is 0 Å². The molecular formula is C15H22FNO2. The molecule has 2 rings (SSSR count). The minimum absolute atomic E-state index is 0.251. The van der Waals surface area contributed by atoms with Gasteiger partial charge in [-0.1, -0.05) is 6.07 Å². The Hall–Kier alpha value is -1.13. The first kappa shape index (κ1) is 14.3. The van der Waals surface area contributed by atoms with Gasteiger partial charge in [-0.2, -0.15) is 0 Å². The largest absolute Gasteiger partial charge is 0.497 e. The van der Waals surface area contributed by atoms with Crippen LogP contribution in [0.1, 0.15) is 37.8 Å². The maximum absolute atomic E-state index is 13.9. The first-order chi connectivity index (χ1) is 9.13. The smallest absolute Gasteiger partial charge is 0.131 e. The molecule has 106 valence electrons. The van der Waals surface area contributed by atoms with E-state index in [1.165, 1.54) is 13.2 Å². The zero-order valence-corrected chi connectivity index (χ0v) is 11.6. The summed E-state index contributed by atoms with van der Waals surface area (Å²) in [4.78, 5) is 0. The lowest BCUT2D eigenvalue weighted by Gasteiger charge is -2.36. The lowest BCUT2D eigenvalue weighted by Crippen LogP contribution is -2.33. The van der Waals surface area contributed by atoms with Gasteiger partial charge in [-0.25, -0.2) is 4.39 Å². The molecule has 1 aromatic carbocycles. The number of benzene rings is 1. The zero-order valence-electron chi connectivity index (χ0n) is 11.6. The van der Waals surface area contributed by atoms with E-state index < -0.39 is 0 Å². The summed E-state index contributed by atoms with van der Waals surface area (Å²) < 4.78 is 24.4.